The monoisotopic (exact) mass is 258 g/mol. The highest BCUT2D eigenvalue weighted by molar-refractivity contribution is 6.31. The third-order valence-corrected chi connectivity index (χ3v) is 3.00. The number of aromatic nitrogens is 3. The molecule has 0 unspecified atom stereocenters. The first-order chi connectivity index (χ1) is 8.83. The molecule has 0 aliphatic heterocycles. The summed E-state index contributed by atoms with van der Waals surface area (Å²) >= 11 is 6.08. The summed E-state index contributed by atoms with van der Waals surface area (Å²) in [6, 6.07) is 13.5. The second-order valence-corrected chi connectivity index (χ2v) is 4.29. The lowest BCUT2D eigenvalue weighted by atomic mass is 10.2. The first-order valence-electron chi connectivity index (χ1n) is 5.61. The Kier molecular flexibility index (Phi) is 2.86. The fraction of sp³-hybridized carbons (Fsp3) is 0.0769. The summed E-state index contributed by atoms with van der Waals surface area (Å²) in [5, 5.41) is 8.22. The van der Waals surface area contributed by atoms with Gasteiger partial charge < -0.3 is 5.32 Å². The maximum atomic E-state index is 6.08. The summed E-state index contributed by atoms with van der Waals surface area (Å²) in [7, 11) is 0. The highest BCUT2D eigenvalue weighted by atomic mass is 35.5. The Hall–Kier alpha value is -2.07. The van der Waals surface area contributed by atoms with Crippen molar-refractivity contribution in [2.24, 2.45) is 0 Å². The lowest BCUT2D eigenvalue weighted by molar-refractivity contribution is 0.950. The first kappa shape index (κ1) is 11.0. The minimum atomic E-state index is 0.598. The Morgan fingerprint density at radius 1 is 1.11 bits per heavy atom. The molecular formula is C13H11ClN4. The van der Waals surface area contributed by atoms with Gasteiger partial charge >= 0.3 is 0 Å². The molecule has 5 heteroatoms. The van der Waals surface area contributed by atoms with Crippen molar-refractivity contribution < 1.29 is 0 Å². The average Bonchev–Trinajstić information content (AvgIpc) is 2.80. The average molecular weight is 259 g/mol. The molecule has 90 valence electrons. The predicted octanol–water partition coefficient (Wildman–Crippen LogP) is 2.99. The number of pyridine rings is 1. The molecule has 3 rings (SSSR count). The van der Waals surface area contributed by atoms with Crippen LogP contribution in [0.25, 0.3) is 5.65 Å². The minimum Gasteiger partial charge on any atom is -0.349 e. The van der Waals surface area contributed by atoms with Crippen LogP contribution in [-0.4, -0.2) is 14.6 Å². The van der Waals surface area contributed by atoms with Crippen LogP contribution >= 0.6 is 11.6 Å². The second kappa shape index (κ2) is 4.66. The molecular weight excluding hydrogens is 248 g/mol. The summed E-state index contributed by atoms with van der Waals surface area (Å²) < 4.78 is 1.73. The largest absolute Gasteiger partial charge is 0.349 e. The summed E-state index contributed by atoms with van der Waals surface area (Å²) in [6.45, 7) is 0.608. The number of halogens is 1. The van der Waals surface area contributed by atoms with Gasteiger partial charge in [-0.25, -0.2) is 4.52 Å². The van der Waals surface area contributed by atoms with E-state index in [1.165, 1.54) is 0 Å². The molecule has 2 heterocycles. The first-order valence-corrected chi connectivity index (χ1v) is 5.99. The van der Waals surface area contributed by atoms with Crippen LogP contribution in [0.15, 0.2) is 48.7 Å². The molecule has 1 aromatic carbocycles. The van der Waals surface area contributed by atoms with E-state index in [-0.39, 0.29) is 0 Å². The molecule has 0 radical (unpaired) electrons. The van der Waals surface area contributed by atoms with Gasteiger partial charge in [-0.2, -0.15) is 4.98 Å². The Labute approximate surface area is 109 Å². The van der Waals surface area contributed by atoms with Crippen LogP contribution in [0.3, 0.4) is 0 Å². The molecule has 0 amide bonds. The molecule has 0 saturated carbocycles. The SMILES string of the molecule is Clc1ccccc1CNc1nc2ccccn2n1. The van der Waals surface area contributed by atoms with E-state index in [9.17, 15) is 0 Å². The maximum absolute atomic E-state index is 6.08. The Balaban J connectivity index is 1.79. The molecule has 0 bridgehead atoms. The van der Waals surface area contributed by atoms with E-state index >= 15 is 0 Å². The smallest absolute Gasteiger partial charge is 0.243 e. The standard InChI is InChI=1S/C13H11ClN4/c14-11-6-2-1-5-10(11)9-15-13-16-12-7-3-4-8-18(12)17-13/h1-8H,9H2,(H,15,17). The van der Waals surface area contributed by atoms with Crippen LogP contribution < -0.4 is 5.32 Å². The van der Waals surface area contributed by atoms with E-state index in [1.807, 2.05) is 48.7 Å². The van der Waals surface area contributed by atoms with Crippen molar-refractivity contribution in [2.45, 2.75) is 6.54 Å². The number of benzene rings is 1. The third-order valence-electron chi connectivity index (χ3n) is 2.64. The van der Waals surface area contributed by atoms with Crippen molar-refractivity contribution in [2.75, 3.05) is 5.32 Å². The van der Waals surface area contributed by atoms with E-state index in [1.54, 1.807) is 4.52 Å². The minimum absolute atomic E-state index is 0.598. The van der Waals surface area contributed by atoms with E-state index in [4.69, 9.17) is 11.6 Å². The summed E-state index contributed by atoms with van der Waals surface area (Å²) in [5.41, 5.74) is 1.84. The van der Waals surface area contributed by atoms with Crippen molar-refractivity contribution >= 4 is 23.2 Å². The molecule has 0 aliphatic carbocycles. The van der Waals surface area contributed by atoms with Crippen molar-refractivity contribution in [1.82, 2.24) is 14.6 Å². The van der Waals surface area contributed by atoms with Gasteiger partial charge in [0.15, 0.2) is 5.65 Å². The number of anilines is 1. The summed E-state index contributed by atoms with van der Waals surface area (Å²) in [6.07, 6.45) is 1.86. The Morgan fingerprint density at radius 2 is 1.94 bits per heavy atom. The molecule has 0 fully saturated rings. The van der Waals surface area contributed by atoms with Gasteiger partial charge in [0.1, 0.15) is 0 Å². The lowest BCUT2D eigenvalue weighted by Crippen LogP contribution is -2.01. The van der Waals surface area contributed by atoms with E-state index in [0.29, 0.717) is 12.5 Å². The van der Waals surface area contributed by atoms with Crippen LogP contribution in [0.1, 0.15) is 5.56 Å². The van der Waals surface area contributed by atoms with Crippen molar-refractivity contribution in [3.63, 3.8) is 0 Å². The highest BCUT2D eigenvalue weighted by Crippen LogP contribution is 2.16. The van der Waals surface area contributed by atoms with Crippen molar-refractivity contribution in [1.29, 1.82) is 0 Å². The topological polar surface area (TPSA) is 42.2 Å². The molecule has 18 heavy (non-hydrogen) atoms. The lowest BCUT2D eigenvalue weighted by Gasteiger charge is -2.03. The number of rotatable bonds is 3. The van der Waals surface area contributed by atoms with E-state index in [0.717, 1.165) is 16.2 Å². The summed E-state index contributed by atoms with van der Waals surface area (Å²) in [5.74, 6) is 0.598. The van der Waals surface area contributed by atoms with Crippen molar-refractivity contribution in [3.05, 3.63) is 59.2 Å². The zero-order valence-corrected chi connectivity index (χ0v) is 10.3. The third kappa shape index (κ3) is 2.15. The van der Waals surface area contributed by atoms with Gasteiger partial charge in [0.25, 0.3) is 0 Å². The van der Waals surface area contributed by atoms with Gasteiger partial charge in [-0.3, -0.25) is 0 Å². The molecule has 1 N–H and O–H groups in total. The maximum Gasteiger partial charge on any atom is 0.243 e. The Bertz CT molecular complexity index is 644. The van der Waals surface area contributed by atoms with Crippen LogP contribution in [0.2, 0.25) is 5.02 Å². The quantitative estimate of drug-likeness (QED) is 0.785. The van der Waals surface area contributed by atoms with Gasteiger partial charge in [-0.05, 0) is 23.8 Å². The zero-order chi connectivity index (χ0) is 12.4. The number of nitrogens with zero attached hydrogens (tertiary/aromatic N) is 3. The van der Waals surface area contributed by atoms with Crippen molar-refractivity contribution in [3.8, 4) is 0 Å². The number of hydrogen-bond acceptors (Lipinski definition) is 3. The molecule has 0 aliphatic rings. The number of fused-ring (bicyclic) bond motifs is 1. The predicted molar refractivity (Wildman–Crippen MR) is 71.8 cm³/mol. The molecule has 4 nitrogen and oxygen atoms in total. The fourth-order valence-electron chi connectivity index (χ4n) is 1.72. The molecule has 0 saturated heterocycles. The highest BCUT2D eigenvalue weighted by Gasteiger charge is 2.03. The zero-order valence-electron chi connectivity index (χ0n) is 9.55. The molecule has 3 aromatic rings. The van der Waals surface area contributed by atoms with Crippen LogP contribution in [-0.2, 0) is 6.54 Å². The van der Waals surface area contributed by atoms with Crippen LogP contribution in [0, 0.1) is 0 Å². The van der Waals surface area contributed by atoms with Gasteiger partial charge in [0.2, 0.25) is 5.95 Å². The molecule has 2 aromatic heterocycles. The second-order valence-electron chi connectivity index (χ2n) is 3.88. The van der Waals surface area contributed by atoms with Gasteiger partial charge in [0.05, 0.1) is 0 Å². The van der Waals surface area contributed by atoms with Gasteiger partial charge in [-0.15, -0.1) is 5.10 Å². The van der Waals surface area contributed by atoms with E-state index < -0.39 is 0 Å². The number of nitrogens with one attached hydrogen (secondary N) is 1. The van der Waals surface area contributed by atoms with Gasteiger partial charge in [-0.1, -0.05) is 35.9 Å². The van der Waals surface area contributed by atoms with Crippen LogP contribution in [0.4, 0.5) is 5.95 Å². The fourth-order valence-corrected chi connectivity index (χ4v) is 1.93. The normalized spacial score (nSPS) is 10.7. The molecule has 0 atom stereocenters. The van der Waals surface area contributed by atoms with Gasteiger partial charge in [0, 0.05) is 17.8 Å². The Morgan fingerprint density at radius 3 is 2.78 bits per heavy atom. The molecule has 0 spiro atoms. The summed E-state index contributed by atoms with van der Waals surface area (Å²) in [4.78, 5) is 4.36. The van der Waals surface area contributed by atoms with E-state index in [2.05, 4.69) is 15.4 Å². The van der Waals surface area contributed by atoms with Crippen LogP contribution in [0.5, 0.6) is 0 Å². The number of hydrogen-bond donors (Lipinski definition) is 1.